The zero-order valence-corrected chi connectivity index (χ0v) is 11.2. The van der Waals surface area contributed by atoms with Crippen LogP contribution in [-0.4, -0.2) is 10.2 Å². The van der Waals surface area contributed by atoms with Crippen LogP contribution in [-0.2, 0) is 0 Å². The first kappa shape index (κ1) is 13.4. The fourth-order valence-electron chi connectivity index (χ4n) is 3.27. The molecule has 0 aliphatic heterocycles. The molecule has 100 valence electrons. The quantitative estimate of drug-likeness (QED) is 0.844. The molecule has 1 aliphatic rings. The van der Waals surface area contributed by atoms with Gasteiger partial charge < -0.3 is 10.2 Å². The highest BCUT2D eigenvalue weighted by Gasteiger charge is 2.27. The summed E-state index contributed by atoms with van der Waals surface area (Å²) >= 11 is 0. The van der Waals surface area contributed by atoms with Crippen LogP contribution in [0.3, 0.4) is 0 Å². The van der Waals surface area contributed by atoms with Crippen LogP contribution in [0, 0.1) is 11.8 Å². The second kappa shape index (κ2) is 6.24. The summed E-state index contributed by atoms with van der Waals surface area (Å²) < 4.78 is 0. The number of hydrogen-bond donors (Lipinski definition) is 2. The summed E-state index contributed by atoms with van der Waals surface area (Å²) in [5.74, 6) is 1.38. The van der Waals surface area contributed by atoms with E-state index in [-0.39, 0.29) is 5.75 Å². The van der Waals surface area contributed by atoms with Crippen molar-refractivity contribution in [1.29, 1.82) is 0 Å². The first-order valence-electron chi connectivity index (χ1n) is 7.17. The molecular formula is C16H24O2. The third-order valence-electron chi connectivity index (χ3n) is 4.18. The Bertz CT molecular complexity index is 373. The highest BCUT2D eigenvalue weighted by Crippen LogP contribution is 2.39. The second-order valence-electron chi connectivity index (χ2n) is 5.62. The van der Waals surface area contributed by atoms with E-state index in [9.17, 15) is 10.2 Å². The van der Waals surface area contributed by atoms with E-state index >= 15 is 0 Å². The van der Waals surface area contributed by atoms with Gasteiger partial charge in [0.25, 0.3) is 0 Å². The average Bonchev–Trinajstić information content (AvgIpc) is 2.39. The van der Waals surface area contributed by atoms with Crippen LogP contribution in [0.2, 0.25) is 0 Å². The van der Waals surface area contributed by atoms with Gasteiger partial charge in [0.15, 0.2) is 0 Å². The van der Waals surface area contributed by atoms with Gasteiger partial charge >= 0.3 is 0 Å². The minimum Gasteiger partial charge on any atom is -0.508 e. The number of aliphatic hydroxyl groups excluding tert-OH is 1. The van der Waals surface area contributed by atoms with E-state index in [4.69, 9.17) is 0 Å². The lowest BCUT2D eigenvalue weighted by molar-refractivity contribution is 0.0666. The lowest BCUT2D eigenvalue weighted by atomic mass is 9.76. The van der Waals surface area contributed by atoms with Crippen LogP contribution in [0.15, 0.2) is 24.3 Å². The molecule has 0 radical (unpaired) electrons. The van der Waals surface area contributed by atoms with Crippen LogP contribution in [0.25, 0.3) is 0 Å². The maximum absolute atomic E-state index is 10.4. The molecule has 18 heavy (non-hydrogen) atoms. The van der Waals surface area contributed by atoms with Crippen molar-refractivity contribution in [2.45, 2.75) is 51.6 Å². The van der Waals surface area contributed by atoms with Crippen LogP contribution in [0.1, 0.15) is 57.1 Å². The molecule has 1 aromatic rings. The topological polar surface area (TPSA) is 40.5 Å². The predicted molar refractivity (Wildman–Crippen MR) is 73.4 cm³/mol. The van der Waals surface area contributed by atoms with E-state index in [1.165, 1.54) is 25.7 Å². The van der Waals surface area contributed by atoms with Crippen molar-refractivity contribution in [3.05, 3.63) is 29.8 Å². The minimum absolute atomic E-state index is 0.243. The Labute approximate surface area is 110 Å². The molecule has 2 nitrogen and oxygen atoms in total. The molecule has 2 N–H and O–H groups in total. The Morgan fingerprint density at radius 2 is 2.17 bits per heavy atom. The molecule has 1 aromatic carbocycles. The van der Waals surface area contributed by atoms with Gasteiger partial charge in [-0.05, 0) is 42.4 Å². The van der Waals surface area contributed by atoms with Gasteiger partial charge in [0.05, 0.1) is 6.10 Å². The molecule has 0 unspecified atom stereocenters. The Morgan fingerprint density at radius 3 is 2.89 bits per heavy atom. The average molecular weight is 248 g/mol. The molecule has 1 fully saturated rings. The van der Waals surface area contributed by atoms with Gasteiger partial charge in [-0.3, -0.25) is 0 Å². The molecule has 0 heterocycles. The fourth-order valence-corrected chi connectivity index (χ4v) is 3.27. The Morgan fingerprint density at radius 1 is 1.33 bits per heavy atom. The lowest BCUT2D eigenvalue weighted by Crippen LogP contribution is -2.21. The van der Waals surface area contributed by atoms with Gasteiger partial charge in [-0.2, -0.15) is 0 Å². The van der Waals surface area contributed by atoms with Gasteiger partial charge in [0.2, 0.25) is 0 Å². The molecule has 0 aromatic heterocycles. The molecule has 2 rings (SSSR count). The van der Waals surface area contributed by atoms with Crippen molar-refractivity contribution < 1.29 is 10.2 Å². The van der Waals surface area contributed by atoms with Gasteiger partial charge in [0.1, 0.15) is 5.75 Å². The van der Waals surface area contributed by atoms with Crippen LogP contribution >= 0.6 is 0 Å². The monoisotopic (exact) mass is 248 g/mol. The van der Waals surface area contributed by atoms with Crippen LogP contribution < -0.4 is 0 Å². The molecule has 0 bridgehead atoms. The van der Waals surface area contributed by atoms with Crippen LogP contribution in [0.5, 0.6) is 5.75 Å². The van der Waals surface area contributed by atoms with Crippen molar-refractivity contribution in [1.82, 2.24) is 0 Å². The Hall–Kier alpha value is -1.02. The highest BCUT2D eigenvalue weighted by molar-refractivity contribution is 5.28. The highest BCUT2D eigenvalue weighted by atomic mass is 16.3. The summed E-state index contributed by atoms with van der Waals surface area (Å²) in [4.78, 5) is 0. The van der Waals surface area contributed by atoms with Crippen molar-refractivity contribution in [2.24, 2.45) is 11.8 Å². The van der Waals surface area contributed by atoms with E-state index in [2.05, 4.69) is 6.92 Å². The van der Waals surface area contributed by atoms with Crippen molar-refractivity contribution in [3.63, 3.8) is 0 Å². The second-order valence-corrected chi connectivity index (χ2v) is 5.62. The summed E-state index contributed by atoms with van der Waals surface area (Å²) in [5, 5.41) is 19.9. The van der Waals surface area contributed by atoms with Gasteiger partial charge in [0, 0.05) is 0 Å². The third-order valence-corrected chi connectivity index (χ3v) is 4.18. The Balaban J connectivity index is 2.02. The zero-order valence-electron chi connectivity index (χ0n) is 11.2. The summed E-state index contributed by atoms with van der Waals surface area (Å²) in [7, 11) is 0. The number of benzene rings is 1. The van der Waals surface area contributed by atoms with Gasteiger partial charge in [-0.15, -0.1) is 0 Å². The zero-order chi connectivity index (χ0) is 13.0. The molecule has 2 heteroatoms. The maximum Gasteiger partial charge on any atom is 0.115 e. The van der Waals surface area contributed by atoms with E-state index in [0.29, 0.717) is 5.92 Å². The Kier molecular flexibility index (Phi) is 4.65. The first-order chi connectivity index (χ1) is 8.70. The lowest BCUT2D eigenvalue weighted by Gasteiger charge is -2.32. The molecule has 0 spiro atoms. The summed E-state index contributed by atoms with van der Waals surface area (Å²) in [5.41, 5.74) is 0.858. The third kappa shape index (κ3) is 3.26. The van der Waals surface area contributed by atoms with E-state index in [0.717, 1.165) is 24.3 Å². The van der Waals surface area contributed by atoms with Gasteiger partial charge in [-0.1, -0.05) is 44.7 Å². The standard InChI is InChI=1S/C16H24O2/c1-2-5-12-6-3-7-13(10-12)16(18)14-8-4-9-15(17)11-14/h4,8-9,11-13,16-18H,2-3,5-7,10H2,1H3/t12-,13-,16+/m1/s1. The molecule has 1 aliphatic carbocycles. The predicted octanol–water partition coefficient (Wildman–Crippen LogP) is 4.03. The van der Waals surface area contributed by atoms with E-state index < -0.39 is 6.10 Å². The van der Waals surface area contributed by atoms with Crippen molar-refractivity contribution in [2.75, 3.05) is 0 Å². The smallest absolute Gasteiger partial charge is 0.115 e. The minimum atomic E-state index is -0.420. The molecular weight excluding hydrogens is 224 g/mol. The van der Waals surface area contributed by atoms with Crippen molar-refractivity contribution >= 4 is 0 Å². The molecule has 3 atom stereocenters. The van der Waals surface area contributed by atoms with Crippen LogP contribution in [0.4, 0.5) is 0 Å². The molecule has 1 saturated carbocycles. The van der Waals surface area contributed by atoms with E-state index in [1.54, 1.807) is 18.2 Å². The molecule has 0 amide bonds. The number of rotatable bonds is 4. The number of phenols is 1. The molecule has 0 saturated heterocycles. The number of aliphatic hydroxyl groups is 1. The normalized spacial score (nSPS) is 25.9. The fraction of sp³-hybridized carbons (Fsp3) is 0.625. The van der Waals surface area contributed by atoms with Gasteiger partial charge in [-0.25, -0.2) is 0 Å². The maximum atomic E-state index is 10.4. The number of aromatic hydroxyl groups is 1. The van der Waals surface area contributed by atoms with Crippen molar-refractivity contribution in [3.8, 4) is 5.75 Å². The summed E-state index contributed by atoms with van der Waals surface area (Å²) in [6.45, 7) is 2.23. The number of hydrogen-bond acceptors (Lipinski definition) is 2. The summed E-state index contributed by atoms with van der Waals surface area (Å²) in [6.07, 6.45) is 6.88. The largest absolute Gasteiger partial charge is 0.508 e. The number of phenolic OH excluding ortho intramolecular Hbond substituents is 1. The summed E-state index contributed by atoms with van der Waals surface area (Å²) in [6, 6.07) is 7.05. The van der Waals surface area contributed by atoms with E-state index in [1.807, 2.05) is 6.07 Å². The SMILES string of the molecule is CCC[C@@H]1CCC[C@@H]([C@H](O)c2cccc(O)c2)C1. The first-order valence-corrected chi connectivity index (χ1v) is 7.17.